The normalized spacial score (nSPS) is 15.0. The minimum atomic E-state index is -4.58. The molecule has 9 heteroatoms. The first-order valence-corrected chi connectivity index (χ1v) is 10.6. The lowest BCUT2D eigenvalue weighted by atomic mass is 10.1. The molecule has 3 aromatic rings. The standard InChI is InChI=1S/C20H18F2N2O4S/c21-12-9-10-15(22)17(11-12)29(26,27)24-19-18(23-13-5-1-2-6-13)14-7-3-4-8-16(14)28-20(19)25/h3-4,7-11,13,23-24H,1-2,5-6H2. The summed E-state index contributed by atoms with van der Waals surface area (Å²) < 4.78 is 60.3. The Hall–Kier alpha value is -2.94. The topological polar surface area (TPSA) is 88.4 Å². The van der Waals surface area contributed by atoms with E-state index in [9.17, 15) is 22.0 Å². The molecule has 2 aromatic carbocycles. The summed E-state index contributed by atoms with van der Waals surface area (Å²) in [6, 6.07) is 8.86. The van der Waals surface area contributed by atoms with Gasteiger partial charge in [0.05, 0.1) is 5.69 Å². The van der Waals surface area contributed by atoms with Gasteiger partial charge >= 0.3 is 5.63 Å². The van der Waals surface area contributed by atoms with Crippen LogP contribution in [0.1, 0.15) is 25.7 Å². The van der Waals surface area contributed by atoms with E-state index in [4.69, 9.17) is 4.42 Å². The molecular formula is C20H18F2N2O4S. The largest absolute Gasteiger partial charge is 0.421 e. The van der Waals surface area contributed by atoms with Gasteiger partial charge in [0, 0.05) is 11.4 Å². The second kappa shape index (κ2) is 7.47. The third-order valence-corrected chi connectivity index (χ3v) is 6.30. The molecule has 4 rings (SSSR count). The van der Waals surface area contributed by atoms with Crippen molar-refractivity contribution in [3.05, 3.63) is 64.5 Å². The van der Waals surface area contributed by atoms with Gasteiger partial charge in [-0.05, 0) is 43.2 Å². The quantitative estimate of drug-likeness (QED) is 0.603. The highest BCUT2D eigenvalue weighted by atomic mass is 32.2. The van der Waals surface area contributed by atoms with Gasteiger partial charge in [0.1, 0.15) is 22.1 Å². The van der Waals surface area contributed by atoms with Gasteiger partial charge < -0.3 is 9.73 Å². The number of para-hydroxylation sites is 1. The smallest absolute Gasteiger partial charge is 0.363 e. The molecule has 1 aliphatic carbocycles. The highest BCUT2D eigenvalue weighted by Crippen LogP contribution is 2.33. The maximum absolute atomic E-state index is 14.0. The van der Waals surface area contributed by atoms with Crippen molar-refractivity contribution in [1.82, 2.24) is 0 Å². The highest BCUT2D eigenvalue weighted by Gasteiger charge is 2.26. The molecule has 1 aromatic heterocycles. The summed E-state index contributed by atoms with van der Waals surface area (Å²) in [5.41, 5.74) is -0.731. The lowest BCUT2D eigenvalue weighted by Gasteiger charge is -2.19. The van der Waals surface area contributed by atoms with Crippen molar-refractivity contribution >= 4 is 32.4 Å². The molecule has 0 saturated heterocycles. The summed E-state index contributed by atoms with van der Waals surface area (Å²) in [7, 11) is -4.58. The Morgan fingerprint density at radius 3 is 2.48 bits per heavy atom. The molecule has 6 nitrogen and oxygen atoms in total. The van der Waals surface area contributed by atoms with Crippen LogP contribution in [0.5, 0.6) is 0 Å². The number of nitrogens with one attached hydrogen (secondary N) is 2. The van der Waals surface area contributed by atoms with Crippen LogP contribution >= 0.6 is 0 Å². The minimum absolute atomic E-state index is 0.0642. The van der Waals surface area contributed by atoms with Crippen LogP contribution in [0.2, 0.25) is 0 Å². The van der Waals surface area contributed by atoms with Gasteiger partial charge in [-0.1, -0.05) is 25.0 Å². The zero-order valence-corrected chi connectivity index (χ0v) is 16.1. The lowest BCUT2D eigenvalue weighted by molar-refractivity contribution is 0.553. The average Bonchev–Trinajstić information content (AvgIpc) is 3.19. The average molecular weight is 420 g/mol. The zero-order chi connectivity index (χ0) is 20.6. The van der Waals surface area contributed by atoms with Crippen LogP contribution in [-0.4, -0.2) is 14.5 Å². The Morgan fingerprint density at radius 2 is 1.72 bits per heavy atom. The van der Waals surface area contributed by atoms with E-state index in [1.54, 1.807) is 24.3 Å². The monoisotopic (exact) mass is 420 g/mol. The minimum Gasteiger partial charge on any atom is -0.421 e. The van der Waals surface area contributed by atoms with E-state index >= 15 is 0 Å². The molecular weight excluding hydrogens is 402 g/mol. The van der Waals surface area contributed by atoms with Crippen LogP contribution in [0.25, 0.3) is 11.0 Å². The zero-order valence-electron chi connectivity index (χ0n) is 15.2. The maximum Gasteiger partial charge on any atom is 0.363 e. The van der Waals surface area contributed by atoms with Crippen LogP contribution in [0, 0.1) is 11.6 Å². The summed E-state index contributed by atoms with van der Waals surface area (Å²) >= 11 is 0. The molecule has 1 saturated carbocycles. The summed E-state index contributed by atoms with van der Waals surface area (Å²) in [6.45, 7) is 0. The van der Waals surface area contributed by atoms with Crippen LogP contribution < -0.4 is 15.7 Å². The number of halogens is 2. The van der Waals surface area contributed by atoms with E-state index in [2.05, 4.69) is 10.0 Å². The summed E-state index contributed by atoms with van der Waals surface area (Å²) in [4.78, 5) is 11.7. The molecule has 0 bridgehead atoms. The fourth-order valence-corrected chi connectivity index (χ4v) is 4.70. The van der Waals surface area contributed by atoms with Crippen LogP contribution in [0.3, 0.4) is 0 Å². The Kier molecular flexibility index (Phi) is 4.99. The van der Waals surface area contributed by atoms with Crippen molar-refractivity contribution in [1.29, 1.82) is 0 Å². The number of hydrogen-bond donors (Lipinski definition) is 2. The predicted octanol–water partition coefficient (Wildman–Crippen LogP) is 4.23. The van der Waals surface area contributed by atoms with Gasteiger partial charge in [0.25, 0.3) is 10.0 Å². The molecule has 0 radical (unpaired) electrons. The van der Waals surface area contributed by atoms with Crippen molar-refractivity contribution in [3.8, 4) is 0 Å². The molecule has 0 aliphatic heterocycles. The van der Waals surface area contributed by atoms with Gasteiger partial charge in [0.15, 0.2) is 5.69 Å². The van der Waals surface area contributed by atoms with Gasteiger partial charge in [-0.2, -0.15) is 0 Å². The van der Waals surface area contributed by atoms with Crippen LogP contribution in [-0.2, 0) is 10.0 Å². The van der Waals surface area contributed by atoms with Crippen molar-refractivity contribution in [2.45, 2.75) is 36.6 Å². The van der Waals surface area contributed by atoms with Gasteiger partial charge in [-0.25, -0.2) is 22.0 Å². The van der Waals surface area contributed by atoms with Crippen molar-refractivity contribution < 1.29 is 21.6 Å². The maximum atomic E-state index is 14.0. The van der Waals surface area contributed by atoms with Crippen LogP contribution in [0.15, 0.2) is 56.6 Å². The van der Waals surface area contributed by atoms with E-state index in [0.717, 1.165) is 31.7 Å². The van der Waals surface area contributed by atoms with E-state index in [1.165, 1.54) is 0 Å². The molecule has 0 amide bonds. The molecule has 2 N–H and O–H groups in total. The van der Waals surface area contributed by atoms with E-state index in [0.29, 0.717) is 17.5 Å². The Bertz CT molecular complexity index is 1230. The number of rotatable bonds is 5. The number of benzene rings is 2. The number of fused-ring (bicyclic) bond motifs is 1. The van der Waals surface area contributed by atoms with Gasteiger partial charge in [-0.3, -0.25) is 4.72 Å². The molecule has 1 heterocycles. The second-order valence-corrected chi connectivity index (χ2v) is 8.59. The highest BCUT2D eigenvalue weighted by molar-refractivity contribution is 7.92. The fraction of sp³-hybridized carbons (Fsp3) is 0.250. The van der Waals surface area contributed by atoms with Crippen molar-refractivity contribution in [2.75, 3.05) is 10.0 Å². The summed E-state index contributed by atoms with van der Waals surface area (Å²) in [5.74, 6) is -2.05. The molecule has 29 heavy (non-hydrogen) atoms. The van der Waals surface area contributed by atoms with Gasteiger partial charge in [-0.15, -0.1) is 0 Å². The molecule has 1 aliphatic rings. The molecule has 152 valence electrons. The summed E-state index contributed by atoms with van der Waals surface area (Å²) in [5, 5.41) is 3.75. The molecule has 0 spiro atoms. The Balaban J connectivity index is 1.85. The first-order chi connectivity index (χ1) is 13.8. The first kappa shape index (κ1) is 19.4. The Labute approximate surface area is 165 Å². The Morgan fingerprint density at radius 1 is 1.00 bits per heavy atom. The number of sulfonamides is 1. The van der Waals surface area contributed by atoms with E-state index in [1.807, 2.05) is 0 Å². The van der Waals surface area contributed by atoms with E-state index < -0.39 is 32.2 Å². The molecule has 1 fully saturated rings. The molecule has 0 atom stereocenters. The summed E-state index contributed by atoms with van der Waals surface area (Å²) in [6.07, 6.45) is 3.79. The first-order valence-electron chi connectivity index (χ1n) is 9.15. The van der Waals surface area contributed by atoms with Crippen LogP contribution in [0.4, 0.5) is 20.2 Å². The van der Waals surface area contributed by atoms with Crippen molar-refractivity contribution in [3.63, 3.8) is 0 Å². The number of hydrogen-bond acceptors (Lipinski definition) is 5. The van der Waals surface area contributed by atoms with E-state index in [-0.39, 0.29) is 23.0 Å². The third kappa shape index (κ3) is 3.82. The predicted molar refractivity (Wildman–Crippen MR) is 106 cm³/mol. The fourth-order valence-electron chi connectivity index (χ4n) is 3.54. The second-order valence-electron chi connectivity index (χ2n) is 6.94. The molecule has 0 unspecified atom stereocenters. The lowest BCUT2D eigenvalue weighted by Crippen LogP contribution is -2.24. The SMILES string of the molecule is O=c1oc2ccccc2c(NC2CCCC2)c1NS(=O)(=O)c1cc(F)ccc1F. The van der Waals surface area contributed by atoms with Gasteiger partial charge in [0.2, 0.25) is 0 Å². The van der Waals surface area contributed by atoms with Crippen molar-refractivity contribution in [2.24, 2.45) is 0 Å². The number of anilines is 2. The third-order valence-electron chi connectivity index (χ3n) is 4.94.